The maximum absolute atomic E-state index is 11.2. The van der Waals surface area contributed by atoms with E-state index in [2.05, 4.69) is 0 Å². The third-order valence-electron chi connectivity index (χ3n) is 8.68. The lowest BCUT2D eigenvalue weighted by atomic mass is 9.84. The Labute approximate surface area is 239 Å². The fourth-order valence-electron chi connectivity index (χ4n) is 5.98. The minimum atomic E-state index is -1.47. The van der Waals surface area contributed by atoms with E-state index in [0.717, 1.165) is 0 Å². The number of ether oxygens (including phenoxy) is 6. The van der Waals surface area contributed by atoms with Gasteiger partial charge in [0.1, 0.15) is 42.7 Å². The van der Waals surface area contributed by atoms with E-state index in [0.29, 0.717) is 12.8 Å². The van der Waals surface area contributed by atoms with Crippen LogP contribution >= 0.6 is 0 Å². The van der Waals surface area contributed by atoms with Gasteiger partial charge in [-0.25, -0.2) is 0 Å². The molecular formula is C25H49N5O11. The quantitative estimate of drug-likeness (QED) is 0.119. The number of nitrogens with two attached hydrogens (primary N) is 5. The lowest BCUT2D eigenvalue weighted by Crippen LogP contribution is -2.65. The maximum Gasteiger partial charge on any atom is 0.187 e. The van der Waals surface area contributed by atoms with Crippen LogP contribution in [0, 0.1) is 5.92 Å². The molecule has 1 aliphatic carbocycles. The van der Waals surface area contributed by atoms with Gasteiger partial charge in [0.25, 0.3) is 0 Å². The summed E-state index contributed by atoms with van der Waals surface area (Å²) >= 11 is 0. The summed E-state index contributed by atoms with van der Waals surface area (Å²) in [5, 5.41) is 52.8. The minimum absolute atomic E-state index is 0.0789. The Bertz CT molecular complexity index is 833. The highest BCUT2D eigenvalue weighted by Gasteiger charge is 2.53. The summed E-state index contributed by atoms with van der Waals surface area (Å²) in [5.41, 5.74) is 30.5. The summed E-state index contributed by atoms with van der Waals surface area (Å²) in [7, 11) is 0. The molecule has 0 aromatic carbocycles. The summed E-state index contributed by atoms with van der Waals surface area (Å²) in [6.45, 7) is 2.80. The maximum atomic E-state index is 11.2. The molecule has 41 heavy (non-hydrogen) atoms. The van der Waals surface area contributed by atoms with E-state index in [-0.39, 0.29) is 25.1 Å². The first-order valence-electron chi connectivity index (χ1n) is 14.4. The second-order valence-corrected chi connectivity index (χ2v) is 11.8. The molecule has 1 unspecified atom stereocenters. The van der Waals surface area contributed by atoms with Crippen LogP contribution in [0.3, 0.4) is 0 Å². The summed E-state index contributed by atoms with van der Waals surface area (Å²) in [5.74, 6) is -0.701. The molecule has 0 bridgehead atoms. The van der Waals surface area contributed by atoms with E-state index in [9.17, 15) is 25.5 Å². The fourth-order valence-corrected chi connectivity index (χ4v) is 5.98. The number of hydrogen-bond donors (Lipinski definition) is 10. The molecule has 240 valence electrons. The molecule has 0 aromatic rings. The normalized spacial score (nSPS) is 52.0. The predicted molar refractivity (Wildman–Crippen MR) is 141 cm³/mol. The van der Waals surface area contributed by atoms with Crippen LogP contribution in [-0.4, -0.2) is 143 Å². The average molecular weight is 596 g/mol. The first kappa shape index (κ1) is 33.3. The Kier molecular flexibility index (Phi) is 11.3. The lowest BCUT2D eigenvalue weighted by molar-refractivity contribution is -0.297. The molecule has 3 aliphatic heterocycles. The van der Waals surface area contributed by atoms with Crippen LogP contribution in [0.25, 0.3) is 0 Å². The van der Waals surface area contributed by atoms with Crippen LogP contribution < -0.4 is 28.7 Å². The van der Waals surface area contributed by atoms with E-state index in [1.807, 2.05) is 6.92 Å². The van der Waals surface area contributed by atoms with Crippen LogP contribution in [0.2, 0.25) is 0 Å². The summed E-state index contributed by atoms with van der Waals surface area (Å²) in [6, 6.07) is -2.17. The van der Waals surface area contributed by atoms with Gasteiger partial charge >= 0.3 is 0 Å². The zero-order chi connectivity index (χ0) is 30.2. The van der Waals surface area contributed by atoms with Gasteiger partial charge in [0.2, 0.25) is 0 Å². The molecule has 0 amide bonds. The molecule has 16 heteroatoms. The zero-order valence-corrected chi connectivity index (χ0v) is 23.5. The van der Waals surface area contributed by atoms with E-state index in [1.54, 1.807) is 6.92 Å². The number of hydrogen-bond acceptors (Lipinski definition) is 16. The van der Waals surface area contributed by atoms with E-state index in [1.165, 1.54) is 0 Å². The zero-order valence-electron chi connectivity index (χ0n) is 23.5. The van der Waals surface area contributed by atoms with Crippen molar-refractivity contribution >= 4 is 0 Å². The minimum Gasteiger partial charge on any atom is -0.394 e. The van der Waals surface area contributed by atoms with Gasteiger partial charge in [-0.1, -0.05) is 6.92 Å². The van der Waals surface area contributed by atoms with Gasteiger partial charge in [-0.05, 0) is 26.2 Å². The highest BCUT2D eigenvalue weighted by molar-refractivity contribution is 5.01. The average Bonchev–Trinajstić information content (AvgIpc) is 3.23. The highest BCUT2D eigenvalue weighted by Crippen LogP contribution is 2.35. The van der Waals surface area contributed by atoms with Crippen molar-refractivity contribution in [3.8, 4) is 0 Å². The molecule has 4 aliphatic rings. The van der Waals surface area contributed by atoms with Gasteiger partial charge in [0, 0.05) is 30.6 Å². The first-order valence-corrected chi connectivity index (χ1v) is 14.4. The van der Waals surface area contributed by atoms with Gasteiger partial charge in [0.05, 0.1) is 31.0 Å². The van der Waals surface area contributed by atoms with Crippen molar-refractivity contribution in [3.63, 3.8) is 0 Å². The van der Waals surface area contributed by atoms with E-state index < -0.39 is 104 Å². The largest absolute Gasteiger partial charge is 0.394 e. The van der Waals surface area contributed by atoms with E-state index in [4.69, 9.17) is 57.1 Å². The standard InChI is InChI=1S/C25H49N5O11/c1-8-16(32)18(34)14(6-26)37-23(8)40-21-15(7-31)38-25(19(21)35)41-22-17(33)11(29)5-12(30)20(22)39-24-10(28)3-4-13(36-24)9(2)27/h8-25,31-35H,3-7,26-30H2,1-2H3/t8-,9-,10?,11-,12+,13+,14+,15-,16-,17+,18-,19-,20-,21-,22-,23-,24-,25+/m1/s1. The molecule has 3 heterocycles. The SMILES string of the molecule is C[C@H]1[C@@H](O[C@H]2[C@@H](O)[C@H](O[C@@H]3[C@@H](O)[C@H](N)C[C@H](N)[C@H]3O[C@H]3O[C@H]([C@@H](C)N)CCC3N)O[C@@H]2CO)O[C@@H](CN)[C@@H](O)[C@@H]1O. The van der Waals surface area contributed by atoms with Gasteiger partial charge < -0.3 is 82.6 Å². The molecule has 0 aromatic heterocycles. The van der Waals surface area contributed by atoms with Crippen molar-refractivity contribution in [2.75, 3.05) is 13.2 Å². The Morgan fingerprint density at radius 2 is 1.37 bits per heavy atom. The van der Waals surface area contributed by atoms with Crippen LogP contribution in [0.4, 0.5) is 0 Å². The topological polar surface area (TPSA) is 287 Å². The highest BCUT2D eigenvalue weighted by atomic mass is 16.8. The van der Waals surface area contributed by atoms with Gasteiger partial charge in [-0.2, -0.15) is 0 Å². The van der Waals surface area contributed by atoms with Crippen molar-refractivity contribution in [1.29, 1.82) is 0 Å². The summed E-state index contributed by atoms with van der Waals surface area (Å²) in [6.07, 6.45) is -12.5. The fraction of sp³-hybridized carbons (Fsp3) is 1.00. The van der Waals surface area contributed by atoms with Crippen molar-refractivity contribution in [1.82, 2.24) is 0 Å². The Morgan fingerprint density at radius 1 is 0.732 bits per heavy atom. The smallest absolute Gasteiger partial charge is 0.187 e. The predicted octanol–water partition coefficient (Wildman–Crippen LogP) is -5.14. The molecule has 0 spiro atoms. The Hall–Kier alpha value is -0.640. The molecular weight excluding hydrogens is 546 g/mol. The van der Waals surface area contributed by atoms with Crippen LogP contribution in [-0.2, 0) is 28.4 Å². The van der Waals surface area contributed by atoms with Crippen LogP contribution in [0.5, 0.6) is 0 Å². The molecule has 1 saturated carbocycles. The number of aliphatic hydroxyl groups excluding tert-OH is 5. The van der Waals surface area contributed by atoms with Crippen LogP contribution in [0.15, 0.2) is 0 Å². The van der Waals surface area contributed by atoms with Gasteiger partial charge in [-0.15, -0.1) is 0 Å². The van der Waals surface area contributed by atoms with E-state index >= 15 is 0 Å². The molecule has 4 rings (SSSR count). The molecule has 15 N–H and O–H groups in total. The van der Waals surface area contributed by atoms with Crippen molar-refractivity contribution in [3.05, 3.63) is 0 Å². The van der Waals surface area contributed by atoms with Crippen molar-refractivity contribution in [2.24, 2.45) is 34.6 Å². The first-order chi connectivity index (χ1) is 19.4. The molecule has 3 saturated heterocycles. The summed E-state index contributed by atoms with van der Waals surface area (Å²) in [4.78, 5) is 0. The lowest BCUT2D eigenvalue weighted by Gasteiger charge is -2.46. The third-order valence-corrected chi connectivity index (χ3v) is 8.68. The van der Waals surface area contributed by atoms with Crippen LogP contribution in [0.1, 0.15) is 33.1 Å². The number of rotatable bonds is 9. The van der Waals surface area contributed by atoms with Crippen molar-refractivity contribution in [2.45, 2.75) is 137 Å². The monoisotopic (exact) mass is 595 g/mol. The molecule has 0 radical (unpaired) electrons. The number of aliphatic hydroxyl groups is 5. The Morgan fingerprint density at radius 3 is 2.00 bits per heavy atom. The van der Waals surface area contributed by atoms with Gasteiger partial charge in [-0.3, -0.25) is 0 Å². The molecule has 18 atom stereocenters. The van der Waals surface area contributed by atoms with Crippen molar-refractivity contribution < 1.29 is 54.0 Å². The van der Waals surface area contributed by atoms with Gasteiger partial charge in [0.15, 0.2) is 18.9 Å². The second kappa shape index (κ2) is 14.0. The Balaban J connectivity index is 1.48. The third kappa shape index (κ3) is 7.04. The summed E-state index contributed by atoms with van der Waals surface area (Å²) < 4.78 is 35.7. The second-order valence-electron chi connectivity index (χ2n) is 11.8. The molecule has 4 fully saturated rings. The molecule has 16 nitrogen and oxygen atoms in total.